The molecule has 0 aromatic heterocycles. The van der Waals surface area contributed by atoms with Gasteiger partial charge in [-0.05, 0) is 36.7 Å². The van der Waals surface area contributed by atoms with Crippen molar-refractivity contribution in [2.45, 2.75) is 75.5 Å². The van der Waals surface area contributed by atoms with Crippen LogP contribution in [0.1, 0.15) is 34.1 Å². The largest absolute Gasteiger partial charge is 0.413 e. The van der Waals surface area contributed by atoms with E-state index in [-0.39, 0.29) is 24.2 Å². The Hall–Kier alpha value is -0.953. The highest BCUT2D eigenvalue weighted by Crippen LogP contribution is 2.45. The molecule has 6 heteroatoms. The molecule has 0 unspecified atom stereocenters. The predicted molar refractivity (Wildman–Crippen MR) is 106 cm³/mol. The van der Waals surface area contributed by atoms with Crippen LogP contribution in [0, 0.1) is 5.92 Å². The number of rotatable bonds is 7. The van der Waals surface area contributed by atoms with E-state index in [2.05, 4.69) is 27.7 Å². The summed E-state index contributed by atoms with van der Waals surface area (Å²) in [5.41, 5.74) is 0. The minimum Gasteiger partial charge on any atom is -0.413 e. The van der Waals surface area contributed by atoms with E-state index in [1.54, 1.807) is 24.3 Å². The van der Waals surface area contributed by atoms with Crippen LogP contribution in [0.5, 0.6) is 0 Å². The van der Waals surface area contributed by atoms with Crippen molar-refractivity contribution in [3.8, 4) is 0 Å². The molecule has 1 heterocycles. The van der Waals surface area contributed by atoms with Gasteiger partial charge in [0.25, 0.3) is 0 Å². The van der Waals surface area contributed by atoms with Crippen LogP contribution in [0.2, 0.25) is 18.1 Å². The normalized spacial score (nSPS) is 28.8. The minimum absolute atomic E-state index is 0.0417. The molecule has 1 aromatic rings. The van der Waals surface area contributed by atoms with Gasteiger partial charge in [0.05, 0.1) is 22.0 Å². The highest BCUT2D eigenvalue weighted by molar-refractivity contribution is 7.95. The zero-order valence-electron chi connectivity index (χ0n) is 16.1. The molecular weight excluding hydrogens is 364 g/mol. The number of hydrogen-bond donors (Lipinski definition) is 0. The quantitative estimate of drug-likeness (QED) is 0.503. The van der Waals surface area contributed by atoms with E-state index in [9.17, 15) is 8.42 Å². The first-order valence-corrected chi connectivity index (χ1v) is 13.7. The van der Waals surface area contributed by atoms with Crippen LogP contribution in [0.25, 0.3) is 0 Å². The van der Waals surface area contributed by atoms with Gasteiger partial charge in [-0.1, -0.05) is 52.0 Å². The fourth-order valence-electron chi connectivity index (χ4n) is 4.00. The molecule has 26 heavy (non-hydrogen) atoms. The molecular formula is C20H30O4SSi. The van der Waals surface area contributed by atoms with Gasteiger partial charge < -0.3 is 9.16 Å². The van der Waals surface area contributed by atoms with E-state index in [1.165, 1.54) is 0 Å². The second kappa shape index (κ2) is 7.58. The molecule has 1 aromatic carbocycles. The maximum atomic E-state index is 13.1. The second-order valence-electron chi connectivity index (χ2n) is 7.44. The zero-order valence-corrected chi connectivity index (χ0v) is 18.0. The zero-order chi connectivity index (χ0) is 18.9. The molecule has 2 aliphatic rings. The van der Waals surface area contributed by atoms with Gasteiger partial charge in [0.15, 0.2) is 8.32 Å². The Morgan fingerprint density at radius 2 is 1.73 bits per heavy atom. The Morgan fingerprint density at radius 1 is 1.12 bits per heavy atom. The third kappa shape index (κ3) is 3.57. The summed E-state index contributed by atoms with van der Waals surface area (Å²) in [4.78, 5) is 0.760. The third-order valence-electron chi connectivity index (χ3n) is 6.16. The van der Waals surface area contributed by atoms with E-state index in [1.807, 2.05) is 12.1 Å². The van der Waals surface area contributed by atoms with Gasteiger partial charge in [-0.15, -0.1) is 0 Å². The van der Waals surface area contributed by atoms with Crippen molar-refractivity contribution in [1.82, 2.24) is 0 Å². The average molecular weight is 395 g/mol. The maximum absolute atomic E-state index is 13.1. The van der Waals surface area contributed by atoms with Crippen molar-refractivity contribution in [2.75, 3.05) is 0 Å². The molecule has 1 aliphatic carbocycles. The van der Waals surface area contributed by atoms with E-state index in [0.717, 1.165) is 18.1 Å². The third-order valence-corrected chi connectivity index (χ3v) is 12.7. The lowest BCUT2D eigenvalue weighted by Gasteiger charge is -2.35. The fraction of sp³-hybridized carbons (Fsp3) is 0.600. The molecule has 0 saturated carbocycles. The number of benzene rings is 1. The molecule has 3 rings (SSSR count). The topological polar surface area (TPSA) is 55.9 Å². The first-order chi connectivity index (χ1) is 12.4. The first kappa shape index (κ1) is 19.8. The first-order valence-electron chi connectivity index (χ1n) is 9.72. The van der Waals surface area contributed by atoms with E-state index >= 15 is 0 Å². The van der Waals surface area contributed by atoms with Crippen molar-refractivity contribution >= 4 is 18.2 Å². The molecule has 4 atom stereocenters. The molecule has 0 spiro atoms. The summed E-state index contributed by atoms with van der Waals surface area (Å²) < 4.78 is 38.7. The summed E-state index contributed by atoms with van der Waals surface area (Å²) in [5, 5.41) is 0. The van der Waals surface area contributed by atoms with Gasteiger partial charge in [0, 0.05) is 5.92 Å². The summed E-state index contributed by atoms with van der Waals surface area (Å²) in [6, 6.07) is 11.9. The Balaban J connectivity index is 1.87. The Bertz CT molecular complexity index is 747. The Morgan fingerprint density at radius 3 is 2.31 bits per heavy atom. The second-order valence-corrected chi connectivity index (χ2v) is 14.1. The minimum atomic E-state index is -3.51. The molecule has 0 radical (unpaired) electrons. The fourth-order valence-corrected chi connectivity index (χ4v) is 8.55. The van der Waals surface area contributed by atoms with Crippen LogP contribution in [-0.2, 0) is 19.0 Å². The number of fused-ring (bicyclic) bond motifs is 1. The molecule has 1 fully saturated rings. The summed E-state index contributed by atoms with van der Waals surface area (Å²) in [5.74, 6) is 0.205. The molecule has 144 valence electrons. The molecule has 4 nitrogen and oxygen atoms in total. The summed E-state index contributed by atoms with van der Waals surface area (Å²) in [7, 11) is -5.25. The molecule has 0 bridgehead atoms. The lowest BCUT2D eigenvalue weighted by molar-refractivity contribution is 0.113. The number of epoxide rings is 1. The standard InChI is InChI=1S/C20H30O4SSi/c1-5-26(6-2,7-3)24-17-13-14-18(20-19(23-20)15(17)4)25(21,22)16-11-9-8-10-12-16/h8-12,14-15,17,19-20H,5-7,13H2,1-4H3/t15-,17+,19-,20+/m1/s1. The van der Waals surface area contributed by atoms with Crippen molar-refractivity contribution in [3.63, 3.8) is 0 Å². The Kier molecular flexibility index (Phi) is 5.77. The molecule has 1 saturated heterocycles. The van der Waals surface area contributed by atoms with E-state index < -0.39 is 18.2 Å². The van der Waals surface area contributed by atoms with Crippen LogP contribution in [0.3, 0.4) is 0 Å². The SMILES string of the molecule is CC[Si](CC)(CC)O[C@H]1CC=C(S(=O)(=O)c2ccccc2)[C@@H]2O[C@@H]2[C@@H]1C. The van der Waals surface area contributed by atoms with Crippen LogP contribution in [-0.4, -0.2) is 35.0 Å². The van der Waals surface area contributed by atoms with Crippen molar-refractivity contribution in [2.24, 2.45) is 5.92 Å². The van der Waals surface area contributed by atoms with Crippen LogP contribution in [0.15, 0.2) is 46.2 Å². The van der Waals surface area contributed by atoms with Crippen LogP contribution < -0.4 is 0 Å². The van der Waals surface area contributed by atoms with Gasteiger partial charge in [-0.25, -0.2) is 8.42 Å². The van der Waals surface area contributed by atoms with Gasteiger partial charge in [-0.3, -0.25) is 0 Å². The Labute approximate surface area is 158 Å². The number of hydrogen-bond acceptors (Lipinski definition) is 4. The highest BCUT2D eigenvalue weighted by Gasteiger charge is 2.53. The van der Waals surface area contributed by atoms with Crippen molar-refractivity contribution in [3.05, 3.63) is 41.3 Å². The number of ether oxygens (including phenoxy) is 1. The molecule has 0 N–H and O–H groups in total. The molecule has 0 amide bonds. The highest BCUT2D eigenvalue weighted by atomic mass is 32.2. The number of sulfone groups is 1. The lowest BCUT2D eigenvalue weighted by Crippen LogP contribution is -2.42. The smallest absolute Gasteiger partial charge is 0.205 e. The lowest BCUT2D eigenvalue weighted by atomic mass is 9.99. The molecule has 1 aliphatic heterocycles. The summed E-state index contributed by atoms with van der Waals surface area (Å²) in [6.45, 7) is 8.80. The van der Waals surface area contributed by atoms with Crippen LogP contribution in [0.4, 0.5) is 0 Å². The maximum Gasteiger partial charge on any atom is 0.205 e. The van der Waals surface area contributed by atoms with Crippen LogP contribution >= 0.6 is 0 Å². The summed E-state index contributed by atoms with van der Waals surface area (Å²) >= 11 is 0. The van der Waals surface area contributed by atoms with E-state index in [0.29, 0.717) is 16.2 Å². The predicted octanol–water partition coefficient (Wildman–Crippen LogP) is 4.54. The van der Waals surface area contributed by atoms with Crippen molar-refractivity contribution < 1.29 is 17.6 Å². The van der Waals surface area contributed by atoms with E-state index in [4.69, 9.17) is 9.16 Å². The van der Waals surface area contributed by atoms with Gasteiger partial charge >= 0.3 is 0 Å². The summed E-state index contributed by atoms with van der Waals surface area (Å²) in [6.07, 6.45) is 2.18. The van der Waals surface area contributed by atoms with Gasteiger partial charge in [0.1, 0.15) is 6.10 Å². The van der Waals surface area contributed by atoms with Gasteiger partial charge in [0.2, 0.25) is 9.84 Å². The van der Waals surface area contributed by atoms with Crippen molar-refractivity contribution in [1.29, 1.82) is 0 Å². The average Bonchev–Trinajstić information content (AvgIpc) is 3.46. The van der Waals surface area contributed by atoms with Gasteiger partial charge in [-0.2, -0.15) is 0 Å². The monoisotopic (exact) mass is 394 g/mol.